The molecule has 15 heavy (non-hydrogen) atoms. The van der Waals surface area contributed by atoms with Gasteiger partial charge in [-0.1, -0.05) is 15.9 Å². The molecule has 0 fully saturated rings. The van der Waals surface area contributed by atoms with Gasteiger partial charge >= 0.3 is 6.61 Å². The van der Waals surface area contributed by atoms with Crippen LogP contribution in [0.4, 0.5) is 8.78 Å². The quantitative estimate of drug-likeness (QED) is 0.836. The number of benzene rings is 1. The second-order valence-electron chi connectivity index (χ2n) is 2.59. The first kappa shape index (κ1) is 12.4. The molecule has 1 rings (SSSR count). The highest BCUT2D eigenvalue weighted by atomic mass is 79.9. The van der Waals surface area contributed by atoms with Gasteiger partial charge in [-0.3, -0.25) is 0 Å². The number of alkyl halides is 2. The monoisotopic (exact) mass is 339 g/mol. The maximum Gasteiger partial charge on any atom is 0.387 e. The number of hydrogen-bond donors (Lipinski definition) is 0. The molecule has 0 amide bonds. The normalized spacial score (nSPS) is 10.1. The van der Waals surface area contributed by atoms with Crippen LogP contribution >= 0.6 is 31.9 Å². The van der Waals surface area contributed by atoms with Gasteiger partial charge in [-0.2, -0.15) is 14.0 Å². The van der Waals surface area contributed by atoms with Crippen LogP contribution in [0.5, 0.6) is 5.75 Å². The van der Waals surface area contributed by atoms with Crippen molar-refractivity contribution in [3.8, 4) is 11.8 Å². The van der Waals surface area contributed by atoms with Crippen molar-refractivity contribution in [2.75, 3.05) is 0 Å². The van der Waals surface area contributed by atoms with E-state index >= 15 is 0 Å². The summed E-state index contributed by atoms with van der Waals surface area (Å²) in [7, 11) is 0. The molecule has 0 aromatic heterocycles. The minimum atomic E-state index is -2.88. The Kier molecular flexibility index (Phi) is 4.48. The SMILES string of the molecule is N#CCc1cc(Br)cc(OC(F)F)c1Br. The van der Waals surface area contributed by atoms with Gasteiger partial charge in [0.25, 0.3) is 0 Å². The van der Waals surface area contributed by atoms with Crippen molar-refractivity contribution >= 4 is 31.9 Å². The molecule has 0 radical (unpaired) electrons. The molecule has 6 heteroatoms. The maximum atomic E-state index is 12.0. The Morgan fingerprint density at radius 3 is 2.60 bits per heavy atom. The van der Waals surface area contributed by atoms with Crippen molar-refractivity contribution in [3.63, 3.8) is 0 Å². The minimum Gasteiger partial charge on any atom is -0.434 e. The summed E-state index contributed by atoms with van der Waals surface area (Å²) in [5.41, 5.74) is 0.600. The zero-order valence-electron chi connectivity index (χ0n) is 7.31. The molecule has 1 aromatic rings. The third-order valence-electron chi connectivity index (χ3n) is 1.56. The zero-order chi connectivity index (χ0) is 11.4. The van der Waals surface area contributed by atoms with Crippen LogP contribution < -0.4 is 4.74 Å². The predicted molar refractivity (Wildman–Crippen MR) is 57.8 cm³/mol. The van der Waals surface area contributed by atoms with Gasteiger partial charge in [0.05, 0.1) is 17.0 Å². The van der Waals surface area contributed by atoms with Crippen molar-refractivity contribution in [2.45, 2.75) is 13.0 Å². The van der Waals surface area contributed by atoms with Gasteiger partial charge in [0.1, 0.15) is 5.75 Å². The smallest absolute Gasteiger partial charge is 0.387 e. The molecule has 0 heterocycles. The van der Waals surface area contributed by atoms with Gasteiger partial charge in [-0.15, -0.1) is 0 Å². The van der Waals surface area contributed by atoms with Gasteiger partial charge in [0, 0.05) is 4.47 Å². The van der Waals surface area contributed by atoms with Gasteiger partial charge in [0.2, 0.25) is 0 Å². The molecule has 0 aliphatic rings. The van der Waals surface area contributed by atoms with Crippen molar-refractivity contribution in [1.29, 1.82) is 5.26 Å². The van der Waals surface area contributed by atoms with Crippen LogP contribution in [0.1, 0.15) is 5.56 Å². The molecular weight excluding hydrogens is 336 g/mol. The van der Waals surface area contributed by atoms with Gasteiger partial charge < -0.3 is 4.74 Å². The average Bonchev–Trinajstić information content (AvgIpc) is 2.12. The molecule has 80 valence electrons. The van der Waals surface area contributed by atoms with E-state index in [4.69, 9.17) is 5.26 Å². The lowest BCUT2D eigenvalue weighted by Crippen LogP contribution is -2.03. The van der Waals surface area contributed by atoms with Crippen LogP contribution in [0.15, 0.2) is 21.1 Å². The van der Waals surface area contributed by atoms with Crippen LogP contribution in [0.2, 0.25) is 0 Å². The van der Waals surface area contributed by atoms with Crippen molar-refractivity contribution in [2.24, 2.45) is 0 Å². The molecule has 0 saturated heterocycles. The van der Waals surface area contributed by atoms with Crippen molar-refractivity contribution in [1.82, 2.24) is 0 Å². The highest BCUT2D eigenvalue weighted by molar-refractivity contribution is 9.11. The standard InChI is InChI=1S/C9H5Br2F2NO/c10-6-3-5(1-2-14)8(11)7(4-6)15-9(12)13/h3-4,9H,1H2. The van der Waals surface area contributed by atoms with E-state index in [1.54, 1.807) is 6.07 Å². The zero-order valence-corrected chi connectivity index (χ0v) is 10.5. The molecule has 0 spiro atoms. The molecule has 0 bridgehead atoms. The highest BCUT2D eigenvalue weighted by Gasteiger charge is 2.12. The van der Waals surface area contributed by atoms with Crippen LogP contribution in [-0.4, -0.2) is 6.61 Å². The van der Waals surface area contributed by atoms with Crippen LogP contribution in [0.25, 0.3) is 0 Å². The van der Waals surface area contributed by atoms with Crippen molar-refractivity contribution in [3.05, 3.63) is 26.6 Å². The van der Waals surface area contributed by atoms with E-state index in [0.717, 1.165) is 0 Å². The number of rotatable bonds is 3. The molecule has 0 saturated carbocycles. The molecular formula is C9H5Br2F2NO. The summed E-state index contributed by atoms with van der Waals surface area (Å²) < 4.78 is 29.3. The lowest BCUT2D eigenvalue weighted by atomic mass is 10.1. The van der Waals surface area contributed by atoms with E-state index in [2.05, 4.69) is 36.6 Å². The first-order valence-corrected chi connectivity index (χ1v) is 5.43. The lowest BCUT2D eigenvalue weighted by Gasteiger charge is -2.10. The average molecular weight is 341 g/mol. The molecule has 0 atom stereocenters. The molecule has 2 nitrogen and oxygen atoms in total. The fraction of sp³-hybridized carbons (Fsp3) is 0.222. The molecule has 0 aliphatic carbocycles. The maximum absolute atomic E-state index is 12.0. The van der Waals surface area contributed by atoms with Crippen molar-refractivity contribution < 1.29 is 13.5 Å². The van der Waals surface area contributed by atoms with E-state index in [9.17, 15) is 8.78 Å². The lowest BCUT2D eigenvalue weighted by molar-refractivity contribution is -0.0504. The summed E-state index contributed by atoms with van der Waals surface area (Å²) in [5, 5.41) is 8.53. The Balaban J connectivity index is 3.11. The van der Waals surface area contributed by atoms with E-state index in [1.807, 2.05) is 6.07 Å². The fourth-order valence-corrected chi connectivity index (χ4v) is 1.96. The third kappa shape index (κ3) is 3.43. The number of hydrogen-bond acceptors (Lipinski definition) is 2. The van der Waals surface area contributed by atoms with E-state index in [1.165, 1.54) is 6.07 Å². The topological polar surface area (TPSA) is 33.0 Å². The summed E-state index contributed by atoms with van der Waals surface area (Å²) in [5.74, 6) is 0.0182. The summed E-state index contributed by atoms with van der Waals surface area (Å²) in [6, 6.07) is 5.02. The number of nitriles is 1. The van der Waals surface area contributed by atoms with Crippen LogP contribution in [0.3, 0.4) is 0 Å². The Bertz CT molecular complexity index is 404. The largest absolute Gasteiger partial charge is 0.434 e. The molecule has 0 aliphatic heterocycles. The fourth-order valence-electron chi connectivity index (χ4n) is 1.01. The Morgan fingerprint density at radius 2 is 2.07 bits per heavy atom. The van der Waals surface area contributed by atoms with E-state index in [0.29, 0.717) is 14.5 Å². The second kappa shape index (κ2) is 5.42. The predicted octanol–water partition coefficient (Wildman–Crippen LogP) is 3.88. The second-order valence-corrected chi connectivity index (χ2v) is 4.30. The Morgan fingerprint density at radius 1 is 1.40 bits per heavy atom. The van der Waals surface area contributed by atoms with E-state index in [-0.39, 0.29) is 12.2 Å². The van der Waals surface area contributed by atoms with Gasteiger partial charge in [-0.05, 0) is 33.6 Å². The summed E-state index contributed by atoms with van der Waals surface area (Å²) in [6.07, 6.45) is 0.125. The summed E-state index contributed by atoms with van der Waals surface area (Å²) in [6.45, 7) is -2.88. The summed E-state index contributed by atoms with van der Waals surface area (Å²) in [4.78, 5) is 0. The minimum absolute atomic E-state index is 0.0182. The van der Waals surface area contributed by atoms with Gasteiger partial charge in [0.15, 0.2) is 0 Å². The van der Waals surface area contributed by atoms with Crippen LogP contribution in [-0.2, 0) is 6.42 Å². The Hall–Kier alpha value is -0.670. The third-order valence-corrected chi connectivity index (χ3v) is 2.92. The highest BCUT2D eigenvalue weighted by Crippen LogP contribution is 2.33. The molecule has 0 N–H and O–H groups in total. The molecule has 1 aromatic carbocycles. The first-order chi connectivity index (χ1) is 7.04. The Labute approximate surface area is 102 Å². The van der Waals surface area contributed by atoms with E-state index < -0.39 is 6.61 Å². The first-order valence-electron chi connectivity index (χ1n) is 3.84. The van der Waals surface area contributed by atoms with Crippen LogP contribution in [0, 0.1) is 11.3 Å². The summed E-state index contributed by atoms with van der Waals surface area (Å²) >= 11 is 6.27. The van der Waals surface area contributed by atoms with Gasteiger partial charge in [-0.25, -0.2) is 0 Å². The molecule has 0 unspecified atom stereocenters. The number of nitrogens with zero attached hydrogens (tertiary/aromatic N) is 1. The number of ether oxygens (including phenoxy) is 1. The number of halogens is 4.